The summed E-state index contributed by atoms with van der Waals surface area (Å²) in [4.78, 5) is 26.9. The molecule has 3 heterocycles. The van der Waals surface area contributed by atoms with Gasteiger partial charge in [0.2, 0.25) is 0 Å². The third-order valence-electron chi connectivity index (χ3n) is 4.40. The molecule has 4 rings (SSSR count). The Morgan fingerprint density at radius 1 is 1.16 bits per heavy atom. The van der Waals surface area contributed by atoms with Crippen molar-refractivity contribution in [2.45, 2.75) is 19.5 Å². The molecule has 0 aliphatic rings. The van der Waals surface area contributed by atoms with Gasteiger partial charge in [0, 0.05) is 34.5 Å². The summed E-state index contributed by atoms with van der Waals surface area (Å²) < 4.78 is 39.3. The fourth-order valence-corrected chi connectivity index (χ4v) is 4.54. The molecule has 0 radical (unpaired) electrons. The molecule has 11 heteroatoms. The summed E-state index contributed by atoms with van der Waals surface area (Å²) in [7, 11) is 0. The van der Waals surface area contributed by atoms with E-state index in [1.807, 2.05) is 0 Å². The number of hydrogen-bond donors (Lipinski definition) is 1. The van der Waals surface area contributed by atoms with Gasteiger partial charge in [0.25, 0.3) is 0 Å². The SMILES string of the molecule is CC(=O)Cc1cc(-c2nc(-c3ccc(Cl)cc3Cl)c(-c3ncc(C(F)(F)F)[nH]3)s2)ccn1. The second kappa shape index (κ2) is 8.65. The lowest BCUT2D eigenvalue weighted by Crippen LogP contribution is -2.04. The van der Waals surface area contributed by atoms with E-state index in [9.17, 15) is 18.0 Å². The molecule has 0 atom stereocenters. The second-order valence-electron chi connectivity index (χ2n) is 6.88. The van der Waals surface area contributed by atoms with E-state index >= 15 is 0 Å². The molecule has 0 bridgehead atoms. The van der Waals surface area contributed by atoms with Gasteiger partial charge in [0.05, 0.1) is 21.8 Å². The number of nitrogens with zero attached hydrogens (tertiary/aromatic N) is 3. The Morgan fingerprint density at radius 2 is 1.94 bits per heavy atom. The largest absolute Gasteiger partial charge is 0.432 e. The zero-order chi connectivity index (χ0) is 23.0. The van der Waals surface area contributed by atoms with Crippen LogP contribution >= 0.6 is 34.5 Å². The molecule has 32 heavy (non-hydrogen) atoms. The van der Waals surface area contributed by atoms with Crippen LogP contribution in [0.2, 0.25) is 10.0 Å². The maximum atomic E-state index is 13.1. The number of ketones is 1. The number of aromatic amines is 1. The number of carbonyl (C=O) groups is 1. The van der Waals surface area contributed by atoms with E-state index < -0.39 is 11.9 Å². The molecule has 0 spiro atoms. The Morgan fingerprint density at radius 3 is 2.59 bits per heavy atom. The van der Waals surface area contributed by atoms with Crippen LogP contribution in [0.1, 0.15) is 18.3 Å². The Hall–Kier alpha value is -2.75. The van der Waals surface area contributed by atoms with Gasteiger partial charge in [-0.1, -0.05) is 23.2 Å². The monoisotopic (exact) mass is 496 g/mol. The lowest BCUT2D eigenvalue weighted by atomic mass is 10.1. The van der Waals surface area contributed by atoms with Crippen molar-refractivity contribution in [3.63, 3.8) is 0 Å². The van der Waals surface area contributed by atoms with Gasteiger partial charge in [-0.2, -0.15) is 13.2 Å². The molecule has 1 N–H and O–H groups in total. The van der Waals surface area contributed by atoms with E-state index in [-0.39, 0.29) is 18.0 Å². The van der Waals surface area contributed by atoms with Crippen molar-refractivity contribution in [2.24, 2.45) is 0 Å². The number of Topliss-reactive ketones (excluding diaryl/α,β-unsaturated/α-hetero) is 1. The molecular weight excluding hydrogens is 484 g/mol. The van der Waals surface area contributed by atoms with Crippen LogP contribution in [-0.4, -0.2) is 25.7 Å². The number of rotatable bonds is 5. The number of H-pyrrole nitrogens is 1. The molecule has 0 saturated carbocycles. The van der Waals surface area contributed by atoms with Gasteiger partial charge in [-0.05, 0) is 37.3 Å². The predicted molar refractivity (Wildman–Crippen MR) is 118 cm³/mol. The highest BCUT2D eigenvalue weighted by atomic mass is 35.5. The zero-order valence-electron chi connectivity index (χ0n) is 16.3. The maximum absolute atomic E-state index is 13.1. The number of imidazole rings is 1. The fraction of sp³-hybridized carbons (Fsp3) is 0.143. The number of halogens is 5. The van der Waals surface area contributed by atoms with Gasteiger partial charge in [0.1, 0.15) is 22.3 Å². The van der Waals surface area contributed by atoms with Gasteiger partial charge >= 0.3 is 6.18 Å². The normalized spacial score (nSPS) is 11.7. The van der Waals surface area contributed by atoms with E-state index in [2.05, 4.69) is 19.9 Å². The van der Waals surface area contributed by atoms with Crippen molar-refractivity contribution in [1.29, 1.82) is 0 Å². The maximum Gasteiger partial charge on any atom is 0.432 e. The number of alkyl halides is 3. The molecular formula is C21H13Cl2F3N4OS. The summed E-state index contributed by atoms with van der Waals surface area (Å²) >= 11 is 13.5. The Balaban J connectivity index is 1.88. The van der Waals surface area contributed by atoms with Crippen molar-refractivity contribution >= 4 is 40.3 Å². The van der Waals surface area contributed by atoms with Crippen molar-refractivity contribution < 1.29 is 18.0 Å². The third kappa shape index (κ3) is 4.69. The Bertz CT molecular complexity index is 1320. The van der Waals surface area contributed by atoms with Gasteiger partial charge < -0.3 is 4.98 Å². The minimum Gasteiger partial charge on any atom is -0.334 e. The van der Waals surface area contributed by atoms with Crippen LogP contribution in [0, 0.1) is 0 Å². The molecule has 4 aromatic rings. The first kappa shape index (κ1) is 22.4. The van der Waals surface area contributed by atoms with E-state index in [4.69, 9.17) is 23.2 Å². The van der Waals surface area contributed by atoms with Gasteiger partial charge in [-0.25, -0.2) is 9.97 Å². The molecule has 164 valence electrons. The molecule has 0 fully saturated rings. The molecule has 5 nitrogen and oxygen atoms in total. The molecule has 3 aromatic heterocycles. The molecule has 0 aliphatic heterocycles. The first-order valence-electron chi connectivity index (χ1n) is 9.15. The first-order valence-corrected chi connectivity index (χ1v) is 10.7. The molecule has 0 unspecified atom stereocenters. The van der Waals surface area contributed by atoms with Crippen LogP contribution in [0.3, 0.4) is 0 Å². The van der Waals surface area contributed by atoms with E-state index in [0.29, 0.717) is 42.4 Å². The summed E-state index contributed by atoms with van der Waals surface area (Å²) in [6, 6.07) is 8.23. The van der Waals surface area contributed by atoms with Crippen molar-refractivity contribution in [2.75, 3.05) is 0 Å². The molecule has 0 amide bonds. The van der Waals surface area contributed by atoms with E-state index in [0.717, 1.165) is 17.5 Å². The minimum atomic E-state index is -4.57. The highest BCUT2D eigenvalue weighted by Gasteiger charge is 2.34. The van der Waals surface area contributed by atoms with Crippen LogP contribution in [0.15, 0.2) is 42.7 Å². The molecule has 0 aliphatic carbocycles. The van der Waals surface area contributed by atoms with Crippen LogP contribution in [0.4, 0.5) is 13.2 Å². The van der Waals surface area contributed by atoms with Crippen LogP contribution in [0.25, 0.3) is 32.5 Å². The number of aromatic nitrogens is 4. The predicted octanol–water partition coefficient (Wildman–Crippen LogP) is 6.72. The average molecular weight is 497 g/mol. The highest BCUT2D eigenvalue weighted by Crippen LogP contribution is 2.43. The smallest absolute Gasteiger partial charge is 0.334 e. The number of pyridine rings is 1. The summed E-state index contributed by atoms with van der Waals surface area (Å²) in [6.45, 7) is 1.46. The number of hydrogen-bond acceptors (Lipinski definition) is 5. The highest BCUT2D eigenvalue weighted by molar-refractivity contribution is 7.18. The van der Waals surface area contributed by atoms with E-state index in [1.165, 1.54) is 13.0 Å². The number of benzene rings is 1. The summed E-state index contributed by atoms with van der Waals surface area (Å²) in [5, 5.41) is 1.22. The zero-order valence-corrected chi connectivity index (χ0v) is 18.6. The lowest BCUT2D eigenvalue weighted by molar-refractivity contribution is -0.140. The van der Waals surface area contributed by atoms with Gasteiger partial charge in [-0.15, -0.1) is 11.3 Å². The lowest BCUT2D eigenvalue weighted by Gasteiger charge is -2.04. The van der Waals surface area contributed by atoms with Gasteiger partial charge in [-0.3, -0.25) is 9.78 Å². The third-order valence-corrected chi connectivity index (χ3v) is 6.06. The molecule has 1 aromatic carbocycles. The Labute approximate surface area is 194 Å². The number of thiazole rings is 1. The van der Waals surface area contributed by atoms with Crippen molar-refractivity contribution in [1.82, 2.24) is 19.9 Å². The minimum absolute atomic E-state index is 0.0140. The van der Waals surface area contributed by atoms with Crippen LogP contribution in [-0.2, 0) is 17.4 Å². The topological polar surface area (TPSA) is 71.5 Å². The first-order chi connectivity index (χ1) is 15.1. The van der Waals surface area contributed by atoms with Gasteiger partial charge in [0.15, 0.2) is 0 Å². The average Bonchev–Trinajstić information content (AvgIpc) is 3.35. The summed E-state index contributed by atoms with van der Waals surface area (Å²) in [6.07, 6.45) is -2.11. The van der Waals surface area contributed by atoms with E-state index in [1.54, 1.807) is 30.5 Å². The van der Waals surface area contributed by atoms with Crippen LogP contribution < -0.4 is 0 Å². The van der Waals surface area contributed by atoms with Crippen molar-refractivity contribution in [3.05, 3.63) is 64.2 Å². The number of nitrogens with one attached hydrogen (secondary N) is 1. The standard InChI is InChI=1S/C21H13Cl2F3N4OS/c1-10(31)6-13-7-11(4-5-27-13)20-30-17(14-3-2-12(22)8-15(14)23)18(32-20)19-28-9-16(29-19)21(24,25)26/h2-5,7-9H,6H2,1H3,(H,28,29). The quantitative estimate of drug-likeness (QED) is 0.332. The van der Waals surface area contributed by atoms with Crippen LogP contribution in [0.5, 0.6) is 0 Å². The summed E-state index contributed by atoms with van der Waals surface area (Å²) in [5.41, 5.74) is 1.12. The fourth-order valence-electron chi connectivity index (χ4n) is 3.01. The Kier molecular flexibility index (Phi) is 6.07. The second-order valence-corrected chi connectivity index (χ2v) is 8.72. The molecule has 0 saturated heterocycles. The summed E-state index contributed by atoms with van der Waals surface area (Å²) in [5.74, 6) is -0.0292. The van der Waals surface area contributed by atoms with Crippen molar-refractivity contribution in [3.8, 4) is 32.5 Å². The number of carbonyl (C=O) groups excluding carboxylic acids is 1.